The second kappa shape index (κ2) is 8.69. The molecule has 0 fully saturated rings. The molecule has 0 unspecified atom stereocenters. The van der Waals surface area contributed by atoms with Gasteiger partial charge in [0.1, 0.15) is 12.1 Å². The van der Waals surface area contributed by atoms with Crippen LogP contribution in [0.2, 0.25) is 0 Å². The summed E-state index contributed by atoms with van der Waals surface area (Å²) in [6, 6.07) is 1.80. The second-order valence-corrected chi connectivity index (χ2v) is 4.30. The highest BCUT2D eigenvalue weighted by Gasteiger charge is 2.01. The van der Waals surface area contributed by atoms with Crippen LogP contribution in [0.15, 0.2) is 12.4 Å². The second-order valence-electron chi connectivity index (χ2n) is 4.30. The van der Waals surface area contributed by atoms with Crippen molar-refractivity contribution in [2.75, 3.05) is 25.1 Å². The number of nitrogens with one attached hydrogen (secondary N) is 1. The molecule has 0 bridgehead atoms. The zero-order valence-corrected chi connectivity index (χ0v) is 11.5. The maximum absolute atomic E-state index is 5.49. The Morgan fingerprint density at radius 3 is 2.83 bits per heavy atom. The first-order chi connectivity index (χ1) is 8.72. The molecule has 18 heavy (non-hydrogen) atoms. The maximum Gasteiger partial charge on any atom is 0.218 e. The Bertz CT molecular complexity index is 332. The highest BCUT2D eigenvalue weighted by Crippen LogP contribution is 2.12. The van der Waals surface area contributed by atoms with E-state index in [1.807, 2.05) is 13.8 Å². The number of hydrogen-bond donors (Lipinski definition) is 1. The van der Waals surface area contributed by atoms with Crippen LogP contribution in [0.1, 0.15) is 33.6 Å². The van der Waals surface area contributed by atoms with Crippen molar-refractivity contribution in [2.45, 2.75) is 39.7 Å². The summed E-state index contributed by atoms with van der Waals surface area (Å²) >= 11 is 0. The number of nitrogens with zero attached hydrogens (tertiary/aromatic N) is 2. The molecule has 5 heteroatoms. The van der Waals surface area contributed by atoms with Crippen LogP contribution in [-0.4, -0.2) is 35.8 Å². The van der Waals surface area contributed by atoms with E-state index in [2.05, 4.69) is 22.2 Å². The lowest BCUT2D eigenvalue weighted by atomic mass is 10.4. The highest BCUT2D eigenvalue weighted by molar-refractivity contribution is 5.36. The number of unbranched alkanes of at least 4 members (excludes halogenated alkanes) is 1. The van der Waals surface area contributed by atoms with E-state index in [0.717, 1.165) is 31.8 Å². The maximum atomic E-state index is 5.49. The minimum Gasteiger partial charge on any atom is -0.475 e. The Kier molecular flexibility index (Phi) is 7.10. The molecule has 0 aliphatic carbocycles. The Hall–Kier alpha value is -1.36. The van der Waals surface area contributed by atoms with E-state index >= 15 is 0 Å². The van der Waals surface area contributed by atoms with Gasteiger partial charge in [-0.15, -0.1) is 0 Å². The van der Waals surface area contributed by atoms with Crippen molar-refractivity contribution in [3.63, 3.8) is 0 Å². The fourth-order valence-electron chi connectivity index (χ4n) is 1.34. The molecule has 0 aliphatic heterocycles. The number of ether oxygens (including phenoxy) is 2. The molecule has 0 atom stereocenters. The fourth-order valence-corrected chi connectivity index (χ4v) is 1.34. The molecule has 102 valence electrons. The fraction of sp³-hybridized carbons (Fsp3) is 0.692. The van der Waals surface area contributed by atoms with E-state index < -0.39 is 0 Å². The molecule has 5 nitrogen and oxygen atoms in total. The van der Waals surface area contributed by atoms with E-state index in [9.17, 15) is 0 Å². The summed E-state index contributed by atoms with van der Waals surface area (Å²) < 4.78 is 10.9. The summed E-state index contributed by atoms with van der Waals surface area (Å²) in [5.74, 6) is 1.36. The molecule has 0 aromatic carbocycles. The smallest absolute Gasteiger partial charge is 0.218 e. The summed E-state index contributed by atoms with van der Waals surface area (Å²) in [7, 11) is 0. The van der Waals surface area contributed by atoms with Crippen molar-refractivity contribution < 1.29 is 9.47 Å². The topological polar surface area (TPSA) is 56.3 Å². The van der Waals surface area contributed by atoms with Gasteiger partial charge in [-0.2, -0.15) is 0 Å². The average molecular weight is 253 g/mol. The zero-order chi connectivity index (χ0) is 13.2. The van der Waals surface area contributed by atoms with Gasteiger partial charge in [0.25, 0.3) is 0 Å². The van der Waals surface area contributed by atoms with Gasteiger partial charge in [-0.25, -0.2) is 9.97 Å². The van der Waals surface area contributed by atoms with Gasteiger partial charge in [0.15, 0.2) is 0 Å². The highest BCUT2D eigenvalue weighted by atomic mass is 16.5. The van der Waals surface area contributed by atoms with Crippen molar-refractivity contribution in [3.8, 4) is 5.88 Å². The van der Waals surface area contributed by atoms with Crippen LogP contribution in [0.4, 0.5) is 5.82 Å². The van der Waals surface area contributed by atoms with Crippen molar-refractivity contribution in [2.24, 2.45) is 0 Å². The van der Waals surface area contributed by atoms with Crippen LogP contribution >= 0.6 is 0 Å². The Balaban J connectivity index is 2.25. The molecule has 1 N–H and O–H groups in total. The molecule has 0 aliphatic rings. The lowest BCUT2D eigenvalue weighted by Crippen LogP contribution is -2.12. The summed E-state index contributed by atoms with van der Waals surface area (Å²) in [4.78, 5) is 8.17. The van der Waals surface area contributed by atoms with E-state index in [-0.39, 0.29) is 6.10 Å². The molecule has 0 saturated heterocycles. The van der Waals surface area contributed by atoms with Gasteiger partial charge in [-0.1, -0.05) is 13.3 Å². The van der Waals surface area contributed by atoms with E-state index in [0.29, 0.717) is 12.5 Å². The minimum atomic E-state index is 0.116. The predicted molar refractivity (Wildman–Crippen MR) is 72.0 cm³/mol. The van der Waals surface area contributed by atoms with Gasteiger partial charge in [-0.3, -0.25) is 0 Å². The van der Waals surface area contributed by atoms with Crippen LogP contribution in [0, 0.1) is 0 Å². The SMILES string of the molecule is CCCCOCCNc1cc(OC(C)C)ncn1. The molecular formula is C13H23N3O2. The van der Waals surface area contributed by atoms with E-state index in [1.54, 1.807) is 6.07 Å². The van der Waals surface area contributed by atoms with Crippen LogP contribution in [0.25, 0.3) is 0 Å². The summed E-state index contributed by atoms with van der Waals surface area (Å²) in [5, 5.41) is 3.18. The monoisotopic (exact) mass is 253 g/mol. The first kappa shape index (κ1) is 14.7. The largest absolute Gasteiger partial charge is 0.475 e. The number of hydrogen-bond acceptors (Lipinski definition) is 5. The molecule has 1 heterocycles. The summed E-state index contributed by atoms with van der Waals surface area (Å²) in [6.07, 6.45) is 3.89. The lowest BCUT2D eigenvalue weighted by Gasteiger charge is -2.10. The van der Waals surface area contributed by atoms with Crippen molar-refractivity contribution >= 4 is 5.82 Å². The normalized spacial score (nSPS) is 10.7. The van der Waals surface area contributed by atoms with Crippen molar-refractivity contribution in [1.29, 1.82) is 0 Å². The lowest BCUT2D eigenvalue weighted by molar-refractivity contribution is 0.141. The van der Waals surface area contributed by atoms with Crippen LogP contribution in [0.3, 0.4) is 0 Å². The van der Waals surface area contributed by atoms with Gasteiger partial charge >= 0.3 is 0 Å². The number of anilines is 1. The molecule has 1 aromatic rings. The summed E-state index contributed by atoms with van der Waals surface area (Å²) in [5.41, 5.74) is 0. The third-order valence-corrected chi connectivity index (χ3v) is 2.19. The first-order valence-electron chi connectivity index (χ1n) is 6.52. The molecule has 1 aromatic heterocycles. The summed E-state index contributed by atoms with van der Waals surface area (Å²) in [6.45, 7) is 8.34. The molecular weight excluding hydrogens is 230 g/mol. The van der Waals surface area contributed by atoms with E-state index in [1.165, 1.54) is 6.33 Å². The zero-order valence-electron chi connectivity index (χ0n) is 11.5. The van der Waals surface area contributed by atoms with Crippen LogP contribution in [0.5, 0.6) is 5.88 Å². The molecule has 0 saturated carbocycles. The van der Waals surface area contributed by atoms with Crippen LogP contribution in [-0.2, 0) is 4.74 Å². The van der Waals surface area contributed by atoms with Gasteiger partial charge < -0.3 is 14.8 Å². The van der Waals surface area contributed by atoms with Crippen molar-refractivity contribution in [3.05, 3.63) is 12.4 Å². The average Bonchev–Trinajstić information content (AvgIpc) is 2.33. The third kappa shape index (κ3) is 6.39. The van der Waals surface area contributed by atoms with Gasteiger partial charge in [0.05, 0.1) is 12.7 Å². The predicted octanol–water partition coefficient (Wildman–Crippen LogP) is 2.49. The molecule has 0 amide bonds. The number of rotatable bonds is 9. The first-order valence-corrected chi connectivity index (χ1v) is 6.52. The van der Waals surface area contributed by atoms with E-state index in [4.69, 9.17) is 9.47 Å². The van der Waals surface area contributed by atoms with Gasteiger partial charge in [-0.05, 0) is 20.3 Å². The Labute approximate surface area is 109 Å². The van der Waals surface area contributed by atoms with Gasteiger partial charge in [0, 0.05) is 19.2 Å². The standard InChI is InChI=1S/C13H23N3O2/c1-4-5-7-17-8-6-14-12-9-13(16-10-15-12)18-11(2)3/h9-11H,4-8H2,1-3H3,(H,14,15,16). The van der Waals surface area contributed by atoms with Gasteiger partial charge in [0.2, 0.25) is 5.88 Å². The molecule has 0 spiro atoms. The van der Waals surface area contributed by atoms with Crippen LogP contribution < -0.4 is 10.1 Å². The molecule has 0 radical (unpaired) electrons. The Morgan fingerprint density at radius 2 is 2.11 bits per heavy atom. The van der Waals surface area contributed by atoms with Crippen molar-refractivity contribution in [1.82, 2.24) is 9.97 Å². The third-order valence-electron chi connectivity index (χ3n) is 2.19. The molecule has 1 rings (SSSR count). The quantitative estimate of drug-likeness (QED) is 0.685. The Morgan fingerprint density at radius 1 is 1.28 bits per heavy atom. The number of aromatic nitrogens is 2. The minimum absolute atomic E-state index is 0.116.